The third-order valence-electron chi connectivity index (χ3n) is 1.22. The Morgan fingerprint density at radius 2 is 2.00 bits per heavy atom. The minimum absolute atomic E-state index is 0.182. The van der Waals surface area contributed by atoms with Gasteiger partial charge in [-0.05, 0) is 24.3 Å². The van der Waals surface area contributed by atoms with E-state index in [-0.39, 0.29) is 17.4 Å². The molecule has 0 aromatic heterocycles. The number of hydrogen-bond donors (Lipinski definition) is 0. The summed E-state index contributed by atoms with van der Waals surface area (Å²) in [6, 6.07) is 6.34. The van der Waals surface area contributed by atoms with Crippen LogP contribution in [0.3, 0.4) is 0 Å². The fourth-order valence-electron chi connectivity index (χ4n) is 0.712. The van der Waals surface area contributed by atoms with Crippen molar-refractivity contribution in [2.24, 2.45) is 0 Å². The van der Waals surface area contributed by atoms with Crippen LogP contribution in [0, 0.1) is 0 Å². The van der Waals surface area contributed by atoms with Gasteiger partial charge in [0.05, 0.1) is 0 Å². The number of ether oxygens (including phenoxy) is 1. The number of esters is 1. The number of hydrogen-bond acceptors (Lipinski definition) is 3. The first-order chi connectivity index (χ1) is 6.22. The third-order valence-corrected chi connectivity index (χ3v) is 1.83. The summed E-state index contributed by atoms with van der Waals surface area (Å²) in [6.07, 6.45) is 0. The van der Waals surface area contributed by atoms with E-state index in [1.807, 2.05) is 0 Å². The topological polar surface area (TPSA) is 43.4 Å². The highest BCUT2D eigenvalue weighted by atomic mass is 35.5. The van der Waals surface area contributed by atoms with Crippen LogP contribution < -0.4 is 4.74 Å². The van der Waals surface area contributed by atoms with Crippen molar-refractivity contribution in [1.82, 2.24) is 0 Å². The molecule has 0 radical (unpaired) electrons. The van der Waals surface area contributed by atoms with E-state index in [2.05, 4.69) is 0 Å². The molecular formula is C8H6ClO3S+. The van der Waals surface area contributed by atoms with E-state index in [4.69, 9.17) is 16.3 Å². The maximum atomic E-state index is 10.8. The second-order valence-corrected chi connectivity index (χ2v) is 3.15. The van der Waals surface area contributed by atoms with Gasteiger partial charge in [-0.25, -0.2) is 4.79 Å². The molecule has 1 aromatic rings. The van der Waals surface area contributed by atoms with E-state index in [1.54, 1.807) is 24.3 Å². The molecule has 0 aliphatic rings. The normalized spacial score (nSPS) is 9.31. The molecule has 68 valence electrons. The van der Waals surface area contributed by atoms with E-state index in [9.17, 15) is 9.00 Å². The number of carbonyl (C=O) groups is 1. The summed E-state index contributed by atoms with van der Waals surface area (Å²) < 4.78 is 14.8. The monoisotopic (exact) mass is 217 g/mol. The third kappa shape index (κ3) is 3.48. The van der Waals surface area contributed by atoms with Gasteiger partial charge in [-0.15, -0.1) is 0 Å². The molecule has 0 bridgehead atoms. The molecule has 0 saturated carbocycles. The lowest BCUT2D eigenvalue weighted by Crippen LogP contribution is -2.11. The van der Waals surface area contributed by atoms with Crippen molar-refractivity contribution < 1.29 is 13.7 Å². The zero-order valence-corrected chi connectivity index (χ0v) is 8.10. The van der Waals surface area contributed by atoms with E-state index >= 15 is 0 Å². The molecule has 0 heterocycles. The maximum absolute atomic E-state index is 10.8. The first-order valence-corrected chi connectivity index (χ1v) is 4.72. The van der Waals surface area contributed by atoms with Gasteiger partial charge < -0.3 is 4.74 Å². The van der Waals surface area contributed by atoms with Crippen molar-refractivity contribution in [3.63, 3.8) is 0 Å². The van der Waals surface area contributed by atoms with Crippen LogP contribution in [-0.2, 0) is 20.7 Å². The van der Waals surface area contributed by atoms with Gasteiger partial charge in [-0.1, -0.05) is 11.6 Å². The van der Waals surface area contributed by atoms with Crippen LogP contribution in [0.1, 0.15) is 0 Å². The minimum atomic E-state index is -0.553. The lowest BCUT2D eigenvalue weighted by atomic mass is 10.3. The van der Waals surface area contributed by atoms with Crippen molar-refractivity contribution >= 4 is 29.2 Å². The van der Waals surface area contributed by atoms with Gasteiger partial charge in [0.15, 0.2) is 0 Å². The van der Waals surface area contributed by atoms with Crippen molar-refractivity contribution in [2.45, 2.75) is 0 Å². The van der Waals surface area contributed by atoms with E-state index < -0.39 is 5.97 Å². The molecule has 0 N–H and O–H groups in total. The highest BCUT2D eigenvalue weighted by Crippen LogP contribution is 2.15. The van der Waals surface area contributed by atoms with E-state index in [0.717, 1.165) is 0 Å². The van der Waals surface area contributed by atoms with Crippen LogP contribution in [0.2, 0.25) is 5.02 Å². The van der Waals surface area contributed by atoms with Crippen LogP contribution in [0.25, 0.3) is 0 Å². The van der Waals surface area contributed by atoms with Gasteiger partial charge in [0, 0.05) is 9.23 Å². The van der Waals surface area contributed by atoms with Crippen molar-refractivity contribution in [3.05, 3.63) is 29.3 Å². The quantitative estimate of drug-likeness (QED) is 0.440. The predicted octanol–water partition coefficient (Wildman–Crippen LogP) is 1.67. The molecule has 0 atom stereocenters. The Bertz CT molecular complexity index is 310. The SMILES string of the molecule is O=[S+]CC(=O)Oc1ccc(Cl)cc1. The number of carbonyl (C=O) groups excluding carboxylic acids is 1. The molecule has 3 nitrogen and oxygen atoms in total. The van der Waals surface area contributed by atoms with E-state index in [1.165, 1.54) is 0 Å². The predicted molar refractivity (Wildman–Crippen MR) is 50.0 cm³/mol. The lowest BCUT2D eigenvalue weighted by molar-refractivity contribution is -0.131. The summed E-state index contributed by atoms with van der Waals surface area (Å²) in [7, 11) is 0. The standard InChI is InChI=1S/C8H6ClO3S/c9-6-1-3-7(4-2-6)12-8(10)5-13-11/h1-4H,5H2/q+1. The van der Waals surface area contributed by atoms with Crippen LogP contribution in [0.4, 0.5) is 0 Å². The summed E-state index contributed by atoms with van der Waals surface area (Å²) in [4.78, 5) is 10.8. The number of rotatable bonds is 3. The van der Waals surface area contributed by atoms with Crippen molar-refractivity contribution in [1.29, 1.82) is 0 Å². The zero-order valence-electron chi connectivity index (χ0n) is 6.53. The van der Waals surface area contributed by atoms with Gasteiger partial charge in [-0.2, -0.15) is 0 Å². The summed E-state index contributed by atoms with van der Waals surface area (Å²) in [5, 5.41) is 0.568. The minimum Gasteiger partial charge on any atom is -0.422 e. The van der Waals surface area contributed by atoms with Crippen molar-refractivity contribution in [3.8, 4) is 5.75 Å². The first kappa shape index (κ1) is 10.1. The molecule has 0 aliphatic carbocycles. The molecule has 5 heteroatoms. The van der Waals surface area contributed by atoms with E-state index in [0.29, 0.717) is 10.8 Å². The molecule has 0 spiro atoms. The highest BCUT2D eigenvalue weighted by Gasteiger charge is 2.12. The lowest BCUT2D eigenvalue weighted by Gasteiger charge is -1.98. The highest BCUT2D eigenvalue weighted by molar-refractivity contribution is 7.66. The summed E-state index contributed by atoms with van der Waals surface area (Å²) >= 11 is 5.80. The van der Waals surface area contributed by atoms with Gasteiger partial charge in [0.25, 0.3) is 0 Å². The van der Waals surface area contributed by atoms with Gasteiger partial charge >= 0.3 is 23.4 Å². The molecule has 0 fully saturated rings. The smallest absolute Gasteiger partial charge is 0.422 e. The Morgan fingerprint density at radius 3 is 2.54 bits per heavy atom. The largest absolute Gasteiger partial charge is 0.471 e. The molecule has 0 saturated heterocycles. The van der Waals surface area contributed by atoms with Crippen LogP contribution in [-0.4, -0.2) is 11.7 Å². The Kier molecular flexibility index (Phi) is 3.79. The Labute approximate surface area is 84.1 Å². The maximum Gasteiger partial charge on any atom is 0.471 e. The molecule has 0 amide bonds. The molecule has 1 aromatic carbocycles. The van der Waals surface area contributed by atoms with Crippen LogP contribution in [0.15, 0.2) is 24.3 Å². The Morgan fingerprint density at radius 1 is 1.38 bits per heavy atom. The Hall–Kier alpha value is -1.00. The molecule has 0 unspecified atom stereocenters. The zero-order chi connectivity index (χ0) is 9.68. The average molecular weight is 218 g/mol. The number of halogens is 1. The summed E-state index contributed by atoms with van der Waals surface area (Å²) in [5.74, 6) is -0.353. The summed E-state index contributed by atoms with van der Waals surface area (Å²) in [5.41, 5.74) is 0. The van der Waals surface area contributed by atoms with Crippen LogP contribution in [0.5, 0.6) is 5.75 Å². The second kappa shape index (κ2) is 4.89. The first-order valence-electron chi connectivity index (χ1n) is 3.43. The van der Waals surface area contributed by atoms with Gasteiger partial charge in [-0.3, -0.25) is 0 Å². The fraction of sp³-hybridized carbons (Fsp3) is 0.125. The molecule has 13 heavy (non-hydrogen) atoms. The fourth-order valence-corrected chi connectivity index (χ4v) is 0.993. The van der Waals surface area contributed by atoms with Crippen molar-refractivity contribution in [2.75, 3.05) is 5.75 Å². The molecule has 1 rings (SSSR count). The number of benzene rings is 1. The second-order valence-electron chi connectivity index (χ2n) is 2.19. The molecular weight excluding hydrogens is 212 g/mol. The average Bonchev–Trinajstić information content (AvgIpc) is 2.09. The molecule has 0 aliphatic heterocycles. The summed E-state index contributed by atoms with van der Waals surface area (Å²) in [6.45, 7) is 0. The van der Waals surface area contributed by atoms with Gasteiger partial charge in [0.1, 0.15) is 5.75 Å². The van der Waals surface area contributed by atoms with Crippen LogP contribution >= 0.6 is 11.6 Å². The van der Waals surface area contributed by atoms with Gasteiger partial charge in [0.2, 0.25) is 0 Å². The Balaban J connectivity index is 2.59.